The van der Waals surface area contributed by atoms with Crippen molar-refractivity contribution in [3.8, 4) is 0 Å². The fraction of sp³-hybridized carbons (Fsp3) is 0.833. The number of carbonyl (C=O) groups is 2. The van der Waals surface area contributed by atoms with Crippen molar-refractivity contribution in [1.29, 1.82) is 0 Å². The molecule has 2 saturated heterocycles. The summed E-state index contributed by atoms with van der Waals surface area (Å²) >= 11 is 0. The lowest BCUT2D eigenvalue weighted by atomic mass is 10.1. The number of amides is 2. The molecule has 0 aliphatic carbocycles. The average Bonchev–Trinajstić information content (AvgIpc) is 2.80. The van der Waals surface area contributed by atoms with Gasteiger partial charge >= 0.3 is 12.0 Å². The molecule has 0 saturated carbocycles. The predicted molar refractivity (Wildman–Crippen MR) is 67.8 cm³/mol. The number of aliphatic hydroxyl groups excluding tert-OH is 1. The van der Waals surface area contributed by atoms with Crippen LogP contribution in [0.2, 0.25) is 0 Å². The third-order valence-corrected chi connectivity index (χ3v) is 3.97. The van der Waals surface area contributed by atoms with Crippen molar-refractivity contribution < 1.29 is 19.8 Å². The first-order valence-electron chi connectivity index (χ1n) is 6.65. The van der Waals surface area contributed by atoms with Gasteiger partial charge in [0.15, 0.2) is 0 Å². The fourth-order valence-electron chi connectivity index (χ4n) is 2.81. The fourth-order valence-corrected chi connectivity index (χ4v) is 2.81. The van der Waals surface area contributed by atoms with Crippen LogP contribution in [-0.4, -0.2) is 76.9 Å². The van der Waals surface area contributed by atoms with Crippen molar-refractivity contribution in [2.24, 2.45) is 0 Å². The molecule has 0 aromatic rings. The molecule has 108 valence electrons. The van der Waals surface area contributed by atoms with Gasteiger partial charge in [0, 0.05) is 26.1 Å². The van der Waals surface area contributed by atoms with Crippen LogP contribution in [0.15, 0.2) is 0 Å². The molecule has 3 N–H and O–H groups in total. The number of nitrogens with one attached hydrogen (secondary N) is 1. The molecule has 2 aliphatic heterocycles. The molecule has 2 aliphatic rings. The van der Waals surface area contributed by atoms with Crippen molar-refractivity contribution in [3.05, 3.63) is 0 Å². The summed E-state index contributed by atoms with van der Waals surface area (Å²) in [4.78, 5) is 26.4. The number of aliphatic hydroxyl groups is 1. The summed E-state index contributed by atoms with van der Waals surface area (Å²) in [5.74, 6) is -1.05. The van der Waals surface area contributed by atoms with Gasteiger partial charge in [0.2, 0.25) is 0 Å². The van der Waals surface area contributed by atoms with Crippen LogP contribution in [0.4, 0.5) is 4.79 Å². The highest BCUT2D eigenvalue weighted by molar-refractivity contribution is 5.83. The second kappa shape index (κ2) is 5.75. The Morgan fingerprint density at radius 2 is 1.95 bits per heavy atom. The molecule has 2 rings (SSSR count). The van der Waals surface area contributed by atoms with Crippen LogP contribution in [-0.2, 0) is 4.79 Å². The molecule has 2 amide bonds. The van der Waals surface area contributed by atoms with Gasteiger partial charge in [-0.1, -0.05) is 0 Å². The minimum atomic E-state index is -1.05. The highest BCUT2D eigenvalue weighted by atomic mass is 16.4. The van der Waals surface area contributed by atoms with E-state index in [0.717, 1.165) is 25.9 Å². The van der Waals surface area contributed by atoms with Gasteiger partial charge in [-0.25, -0.2) is 9.59 Å². The van der Waals surface area contributed by atoms with E-state index < -0.39 is 18.1 Å². The highest BCUT2D eigenvalue weighted by Crippen LogP contribution is 2.21. The summed E-state index contributed by atoms with van der Waals surface area (Å²) in [5.41, 5.74) is 0. The molecule has 0 unspecified atom stereocenters. The highest BCUT2D eigenvalue weighted by Gasteiger charge is 2.41. The SMILES string of the molecule is CN(C(=O)N1C[C@H](O)C[C@@H]1C(=O)O)C1CCNCC1. The van der Waals surface area contributed by atoms with Crippen molar-refractivity contribution in [2.75, 3.05) is 26.7 Å². The number of hydrogen-bond acceptors (Lipinski definition) is 4. The third-order valence-electron chi connectivity index (χ3n) is 3.97. The summed E-state index contributed by atoms with van der Waals surface area (Å²) < 4.78 is 0. The smallest absolute Gasteiger partial charge is 0.326 e. The molecular formula is C12H21N3O4. The molecular weight excluding hydrogens is 250 g/mol. The number of carboxylic acid groups (broad SMARTS) is 1. The predicted octanol–water partition coefficient (Wildman–Crippen LogP) is -0.690. The van der Waals surface area contributed by atoms with Gasteiger partial charge in [0.05, 0.1) is 6.10 Å². The lowest BCUT2D eigenvalue weighted by Crippen LogP contribution is -2.52. The van der Waals surface area contributed by atoms with Crippen molar-refractivity contribution in [3.63, 3.8) is 0 Å². The zero-order valence-electron chi connectivity index (χ0n) is 11.1. The summed E-state index contributed by atoms with van der Waals surface area (Å²) in [6.07, 6.45) is 1.11. The summed E-state index contributed by atoms with van der Waals surface area (Å²) in [5, 5.41) is 21.9. The van der Waals surface area contributed by atoms with Gasteiger partial charge in [-0.15, -0.1) is 0 Å². The number of hydrogen-bond donors (Lipinski definition) is 3. The van der Waals surface area contributed by atoms with E-state index >= 15 is 0 Å². The van der Waals surface area contributed by atoms with Gasteiger partial charge in [0.25, 0.3) is 0 Å². The molecule has 2 atom stereocenters. The van der Waals surface area contributed by atoms with Crippen molar-refractivity contribution in [1.82, 2.24) is 15.1 Å². The minimum absolute atomic E-state index is 0.102. The molecule has 0 aromatic heterocycles. The van der Waals surface area contributed by atoms with E-state index in [1.165, 1.54) is 4.90 Å². The number of piperidine rings is 1. The number of carboxylic acids is 1. The topological polar surface area (TPSA) is 93.1 Å². The van der Waals surface area contributed by atoms with E-state index in [1.807, 2.05) is 0 Å². The number of carbonyl (C=O) groups excluding carboxylic acids is 1. The maximum absolute atomic E-state index is 12.4. The lowest BCUT2D eigenvalue weighted by molar-refractivity contribution is -0.141. The van der Waals surface area contributed by atoms with Gasteiger partial charge < -0.3 is 25.3 Å². The van der Waals surface area contributed by atoms with Gasteiger partial charge in [-0.3, -0.25) is 0 Å². The number of nitrogens with zero attached hydrogens (tertiary/aromatic N) is 2. The second-order valence-electron chi connectivity index (χ2n) is 5.27. The van der Waals surface area contributed by atoms with Gasteiger partial charge in [0.1, 0.15) is 6.04 Å². The second-order valence-corrected chi connectivity index (χ2v) is 5.27. The Balaban J connectivity index is 2.02. The zero-order chi connectivity index (χ0) is 14.0. The Kier molecular flexibility index (Phi) is 4.26. The molecule has 19 heavy (non-hydrogen) atoms. The number of aliphatic carboxylic acids is 1. The quantitative estimate of drug-likeness (QED) is 0.618. The molecule has 0 bridgehead atoms. The van der Waals surface area contributed by atoms with E-state index in [2.05, 4.69) is 5.32 Å². The lowest BCUT2D eigenvalue weighted by Gasteiger charge is -2.35. The van der Waals surface area contributed by atoms with E-state index in [-0.39, 0.29) is 25.0 Å². The summed E-state index contributed by atoms with van der Waals surface area (Å²) in [6.45, 7) is 1.84. The van der Waals surface area contributed by atoms with Crippen molar-refractivity contribution >= 4 is 12.0 Å². The van der Waals surface area contributed by atoms with Crippen LogP contribution < -0.4 is 5.32 Å². The first kappa shape index (κ1) is 14.1. The Morgan fingerprint density at radius 3 is 2.53 bits per heavy atom. The number of likely N-dealkylation sites (tertiary alicyclic amines) is 1. The largest absolute Gasteiger partial charge is 0.480 e. The van der Waals surface area contributed by atoms with E-state index in [9.17, 15) is 14.7 Å². The van der Waals surface area contributed by atoms with E-state index in [4.69, 9.17) is 5.11 Å². The Bertz CT molecular complexity index is 357. The Morgan fingerprint density at radius 1 is 1.32 bits per heavy atom. The normalized spacial score (nSPS) is 28.4. The molecule has 7 nitrogen and oxygen atoms in total. The number of β-amino-alcohol motifs (C(OH)–C–C–N with tert-alkyl or cyclic N) is 1. The van der Waals surface area contributed by atoms with E-state index in [1.54, 1.807) is 11.9 Å². The van der Waals surface area contributed by atoms with Crippen LogP contribution in [0.3, 0.4) is 0 Å². The molecule has 2 heterocycles. The third kappa shape index (κ3) is 2.98. The maximum Gasteiger partial charge on any atom is 0.326 e. The van der Waals surface area contributed by atoms with E-state index in [0.29, 0.717) is 0 Å². The maximum atomic E-state index is 12.4. The molecule has 0 radical (unpaired) electrons. The van der Waals surface area contributed by atoms with Crippen LogP contribution in [0.25, 0.3) is 0 Å². The Hall–Kier alpha value is -1.34. The van der Waals surface area contributed by atoms with Gasteiger partial charge in [-0.05, 0) is 25.9 Å². The van der Waals surface area contributed by atoms with Crippen LogP contribution in [0, 0.1) is 0 Å². The summed E-state index contributed by atoms with van der Waals surface area (Å²) in [6, 6.07) is -1.07. The number of urea groups is 1. The standard InChI is InChI=1S/C12H21N3O4/c1-14(8-2-4-13-5-3-8)12(19)15-7-9(16)6-10(15)11(17)18/h8-10,13,16H,2-7H2,1H3,(H,17,18)/t9-,10-/m1/s1. The zero-order valence-corrected chi connectivity index (χ0v) is 11.1. The molecule has 2 fully saturated rings. The van der Waals surface area contributed by atoms with Crippen LogP contribution in [0.5, 0.6) is 0 Å². The van der Waals surface area contributed by atoms with Gasteiger partial charge in [-0.2, -0.15) is 0 Å². The molecule has 0 aromatic carbocycles. The summed E-state index contributed by atoms with van der Waals surface area (Å²) in [7, 11) is 1.71. The van der Waals surface area contributed by atoms with Crippen LogP contribution in [0.1, 0.15) is 19.3 Å². The first-order chi connectivity index (χ1) is 9.00. The first-order valence-corrected chi connectivity index (χ1v) is 6.65. The molecule has 7 heteroatoms. The number of rotatable bonds is 2. The average molecular weight is 271 g/mol. The van der Waals surface area contributed by atoms with Crippen LogP contribution >= 0.6 is 0 Å². The monoisotopic (exact) mass is 271 g/mol. The van der Waals surface area contributed by atoms with Crippen molar-refractivity contribution in [2.45, 2.75) is 37.5 Å². The molecule has 0 spiro atoms. The minimum Gasteiger partial charge on any atom is -0.480 e. The Labute approximate surface area is 112 Å².